The Morgan fingerprint density at radius 1 is 0.556 bits per heavy atom. The lowest BCUT2D eigenvalue weighted by atomic mass is 9.98. The molecule has 0 N–H and O–H groups in total. The Hall–Kier alpha value is 0.320. The topological polar surface area (TPSA) is 52.6 Å². The predicted octanol–water partition coefficient (Wildman–Crippen LogP) is -1.26. The molecule has 4 aliphatic heterocycles. The average Bonchev–Trinajstić information content (AvgIpc) is 3.02. The Labute approximate surface area is 253 Å². The minimum absolute atomic E-state index is 0. The molecule has 0 radical (unpaired) electrons. The molecular weight excluding hydrogens is 682 g/mol. The van der Waals surface area contributed by atoms with E-state index in [0.29, 0.717) is 37.0 Å². The van der Waals surface area contributed by atoms with E-state index in [1.807, 2.05) is 0 Å². The molecule has 4 fully saturated rings. The van der Waals surface area contributed by atoms with Crippen molar-refractivity contribution in [2.45, 2.75) is 139 Å². The second-order valence-corrected chi connectivity index (χ2v) is 12.8. The summed E-state index contributed by atoms with van der Waals surface area (Å²) in [6, 6.07) is 2.66. The number of quaternary nitrogens is 2. The summed E-state index contributed by atoms with van der Waals surface area (Å²) < 4.78 is 13.9. The molecule has 4 heterocycles. The highest BCUT2D eigenvalue weighted by molar-refractivity contribution is 5.69. The van der Waals surface area contributed by atoms with Gasteiger partial charge in [0.25, 0.3) is 0 Å². The first-order chi connectivity index (χ1) is 16.2. The van der Waals surface area contributed by atoms with E-state index in [2.05, 4.69) is 28.2 Å². The van der Waals surface area contributed by atoms with Gasteiger partial charge < -0.3 is 66.4 Å². The number of carbonyl (C=O) groups is 2. The molecule has 4 atom stereocenters. The van der Waals surface area contributed by atoms with Gasteiger partial charge in [-0.3, -0.25) is 9.59 Å². The van der Waals surface area contributed by atoms with Crippen LogP contribution in [-0.2, 0) is 19.1 Å². The number of rotatable bonds is 11. The van der Waals surface area contributed by atoms with Gasteiger partial charge in [0, 0.05) is 64.2 Å². The van der Waals surface area contributed by atoms with E-state index in [1.54, 1.807) is 0 Å². The lowest BCUT2D eigenvalue weighted by Gasteiger charge is -2.43. The van der Waals surface area contributed by atoms with Gasteiger partial charge in [0.2, 0.25) is 0 Å². The van der Waals surface area contributed by atoms with Crippen LogP contribution in [0.25, 0.3) is 0 Å². The molecule has 0 spiro atoms. The Kier molecular flexibility index (Phi) is 12.7. The van der Waals surface area contributed by atoms with Crippen molar-refractivity contribution in [1.82, 2.24) is 0 Å². The maximum absolute atomic E-state index is 12.3. The highest BCUT2D eigenvalue weighted by Crippen LogP contribution is 2.41. The zero-order chi connectivity index (χ0) is 24.3. The van der Waals surface area contributed by atoms with Crippen molar-refractivity contribution in [2.75, 3.05) is 28.2 Å². The van der Waals surface area contributed by atoms with Crippen molar-refractivity contribution in [3.05, 3.63) is 0 Å². The summed E-state index contributed by atoms with van der Waals surface area (Å²) in [6.45, 7) is 0. The van der Waals surface area contributed by atoms with E-state index in [1.165, 1.54) is 25.7 Å². The zero-order valence-corrected chi connectivity index (χ0v) is 27.4. The summed E-state index contributed by atoms with van der Waals surface area (Å²) in [5.41, 5.74) is 0. The van der Waals surface area contributed by atoms with E-state index >= 15 is 0 Å². The summed E-state index contributed by atoms with van der Waals surface area (Å²) >= 11 is 0. The molecule has 6 nitrogen and oxygen atoms in total. The number of piperidine rings is 2. The molecule has 4 rings (SSSR count). The number of ether oxygens (including phenoxy) is 2. The molecule has 210 valence electrons. The molecule has 0 amide bonds. The van der Waals surface area contributed by atoms with Gasteiger partial charge >= 0.3 is 11.9 Å². The maximum atomic E-state index is 12.3. The van der Waals surface area contributed by atoms with E-state index in [-0.39, 0.29) is 72.1 Å². The first-order valence-corrected chi connectivity index (χ1v) is 14.2. The molecule has 0 aromatic heterocycles. The molecule has 4 saturated heterocycles. The van der Waals surface area contributed by atoms with Gasteiger partial charge in [-0.15, -0.1) is 0 Å². The van der Waals surface area contributed by atoms with Gasteiger partial charge in [-0.05, 0) is 12.8 Å². The number of fused-ring (bicyclic) bond motifs is 4. The number of esters is 2. The number of hydrogen-bond donors (Lipinski definition) is 0. The largest absolute Gasteiger partial charge is 1.00 e. The van der Waals surface area contributed by atoms with Crippen LogP contribution in [0.5, 0.6) is 0 Å². The highest BCUT2D eigenvalue weighted by Gasteiger charge is 2.50. The van der Waals surface area contributed by atoms with Gasteiger partial charge in [0.15, 0.2) is 0 Å². The highest BCUT2D eigenvalue weighted by atomic mass is 127. The Morgan fingerprint density at radius 3 is 1.14 bits per heavy atom. The first kappa shape index (κ1) is 32.5. The number of unbranched alkanes of at least 4 members (excludes halogenated alkanes) is 5. The van der Waals surface area contributed by atoms with E-state index < -0.39 is 0 Å². The third-order valence-electron chi connectivity index (χ3n) is 10.2. The third-order valence-corrected chi connectivity index (χ3v) is 10.2. The normalized spacial score (nSPS) is 33.2. The van der Waals surface area contributed by atoms with Crippen molar-refractivity contribution < 1.29 is 76.0 Å². The number of carbonyl (C=O) groups excluding carboxylic acids is 2. The first-order valence-electron chi connectivity index (χ1n) is 14.2. The summed E-state index contributed by atoms with van der Waals surface area (Å²) in [4.78, 5) is 24.6. The molecule has 8 heteroatoms. The molecular formula is C28H50I2N2O4. The molecule has 4 unspecified atom stereocenters. The fourth-order valence-electron chi connectivity index (χ4n) is 7.59. The molecule has 36 heavy (non-hydrogen) atoms. The van der Waals surface area contributed by atoms with Crippen molar-refractivity contribution in [3.63, 3.8) is 0 Å². The van der Waals surface area contributed by atoms with Crippen LogP contribution in [0, 0.1) is 0 Å². The number of nitrogens with zero attached hydrogens (tertiary/aromatic N) is 2. The lowest BCUT2D eigenvalue weighted by Crippen LogP contribution is -3.00. The summed E-state index contributed by atoms with van der Waals surface area (Å²) in [5, 5.41) is 0. The van der Waals surface area contributed by atoms with Gasteiger partial charge in [-0.1, -0.05) is 25.7 Å². The Balaban J connectivity index is 0.00000228. The van der Waals surface area contributed by atoms with Gasteiger partial charge in [0.05, 0.1) is 52.4 Å². The fraction of sp³-hybridized carbons (Fsp3) is 0.929. The van der Waals surface area contributed by atoms with E-state index in [0.717, 1.165) is 73.2 Å². The second kappa shape index (κ2) is 14.1. The number of hydrogen-bond acceptors (Lipinski definition) is 4. The van der Waals surface area contributed by atoms with Crippen molar-refractivity contribution in [1.29, 1.82) is 0 Å². The lowest BCUT2D eigenvalue weighted by molar-refractivity contribution is -0.931. The quantitative estimate of drug-likeness (QED) is 0.115. The van der Waals surface area contributed by atoms with Gasteiger partial charge in [0.1, 0.15) is 12.2 Å². The van der Waals surface area contributed by atoms with Crippen LogP contribution in [-0.4, -0.2) is 85.5 Å². The smallest absolute Gasteiger partial charge is 0.306 e. The minimum Gasteiger partial charge on any atom is -1.00 e. The van der Waals surface area contributed by atoms with Gasteiger partial charge in [-0.2, -0.15) is 0 Å². The molecule has 0 aliphatic carbocycles. The van der Waals surface area contributed by atoms with E-state index in [4.69, 9.17) is 9.47 Å². The van der Waals surface area contributed by atoms with Crippen molar-refractivity contribution in [2.24, 2.45) is 0 Å². The van der Waals surface area contributed by atoms with E-state index in [9.17, 15) is 9.59 Å². The van der Waals surface area contributed by atoms with Crippen LogP contribution in [0.1, 0.15) is 103 Å². The summed E-state index contributed by atoms with van der Waals surface area (Å²) in [6.07, 6.45) is 16.9. The van der Waals surface area contributed by atoms with Crippen LogP contribution in [0.4, 0.5) is 0 Å². The minimum atomic E-state index is -0.00214. The van der Waals surface area contributed by atoms with Crippen LogP contribution in [0.2, 0.25) is 0 Å². The Bertz CT molecular complexity index is 640. The molecule has 4 bridgehead atoms. The van der Waals surface area contributed by atoms with Crippen LogP contribution < -0.4 is 48.0 Å². The van der Waals surface area contributed by atoms with Crippen LogP contribution in [0.15, 0.2) is 0 Å². The predicted molar refractivity (Wildman–Crippen MR) is 133 cm³/mol. The summed E-state index contributed by atoms with van der Waals surface area (Å²) in [7, 11) is 9.35. The van der Waals surface area contributed by atoms with Crippen molar-refractivity contribution in [3.8, 4) is 0 Å². The fourth-order valence-corrected chi connectivity index (χ4v) is 7.59. The monoisotopic (exact) mass is 732 g/mol. The summed E-state index contributed by atoms with van der Waals surface area (Å²) in [5.74, 6) is -0.00428. The molecule has 4 aliphatic rings. The zero-order valence-electron chi connectivity index (χ0n) is 23.1. The molecule has 0 aromatic rings. The maximum Gasteiger partial charge on any atom is 0.306 e. The average molecular weight is 733 g/mol. The van der Waals surface area contributed by atoms with Gasteiger partial charge in [-0.25, -0.2) is 0 Å². The third kappa shape index (κ3) is 7.93. The van der Waals surface area contributed by atoms with Crippen LogP contribution in [0.3, 0.4) is 0 Å². The Morgan fingerprint density at radius 2 is 0.833 bits per heavy atom. The standard InChI is InChI=1S/C28H50N2O4.2HI/c1-29(2)21-13-14-22(29)18-25(17-21)33-27(31)11-9-7-5-6-8-10-12-28(32)34-26-19-23-15-16-24(20-26)30(23,3)4;;/h21-26H,5-20H2,1-4H3;2*1H/q+2;;/p-2. The molecule has 0 aromatic carbocycles. The van der Waals surface area contributed by atoms with Crippen LogP contribution >= 0.6 is 0 Å². The SMILES string of the molecule is C[N+]1(C)C2CCC1CC(OC(=O)CCCCCCCCC(=O)OC1CC3CCC(C1)[N+]3(C)C)C2.[I-].[I-]. The second-order valence-electron chi connectivity index (χ2n) is 12.8. The molecule has 0 saturated carbocycles. The van der Waals surface area contributed by atoms with Crippen molar-refractivity contribution >= 4 is 11.9 Å². The number of halogens is 2.